The van der Waals surface area contributed by atoms with Crippen molar-refractivity contribution in [1.29, 1.82) is 0 Å². The second-order valence-corrected chi connectivity index (χ2v) is 8.18. The number of rotatable bonds is 6. The Labute approximate surface area is 180 Å². The predicted octanol–water partition coefficient (Wildman–Crippen LogP) is 2.67. The third-order valence-corrected chi connectivity index (χ3v) is 5.83. The molecule has 0 spiro atoms. The van der Waals surface area contributed by atoms with Crippen LogP contribution in [-0.2, 0) is 17.7 Å². The Morgan fingerprint density at radius 2 is 2.15 bits per heavy atom. The van der Waals surface area contributed by atoms with Gasteiger partial charge in [0.05, 0.1) is 12.6 Å². The maximum atomic E-state index is 6.05. The molecule has 154 valence electrons. The molecule has 8 heteroatoms. The van der Waals surface area contributed by atoms with Crippen LogP contribution < -0.4 is 10.6 Å². The van der Waals surface area contributed by atoms with Crippen LogP contribution in [0.4, 0.5) is 0 Å². The zero-order valence-corrected chi connectivity index (χ0v) is 19.6. The van der Waals surface area contributed by atoms with Gasteiger partial charge in [-0.1, -0.05) is 27.2 Å². The van der Waals surface area contributed by atoms with E-state index in [2.05, 4.69) is 46.5 Å². The second-order valence-electron chi connectivity index (χ2n) is 8.18. The fourth-order valence-electron chi connectivity index (χ4n) is 3.86. The highest BCUT2D eigenvalue weighted by atomic mass is 127. The number of nitrogens with one attached hydrogen (secondary N) is 2. The average Bonchev–Trinajstić information content (AvgIpc) is 2.98. The molecule has 2 heterocycles. The number of aryl methyl sites for hydroxylation is 2. The highest BCUT2D eigenvalue weighted by Gasteiger charge is 2.49. The molecule has 0 amide bonds. The van der Waals surface area contributed by atoms with E-state index in [9.17, 15) is 0 Å². The van der Waals surface area contributed by atoms with Crippen molar-refractivity contribution in [3.05, 3.63) is 11.6 Å². The first-order valence-electron chi connectivity index (χ1n) is 9.95. The maximum absolute atomic E-state index is 6.05. The van der Waals surface area contributed by atoms with Crippen LogP contribution in [0.1, 0.15) is 58.1 Å². The highest BCUT2D eigenvalue weighted by molar-refractivity contribution is 14.0. The van der Waals surface area contributed by atoms with Crippen LogP contribution in [-0.4, -0.2) is 52.6 Å². The summed E-state index contributed by atoms with van der Waals surface area (Å²) in [4.78, 5) is 8.92. The van der Waals surface area contributed by atoms with Gasteiger partial charge < -0.3 is 15.4 Å². The molecular formula is C19H35IN6O. The minimum absolute atomic E-state index is 0. The Bertz CT molecular complexity index is 644. The fourth-order valence-corrected chi connectivity index (χ4v) is 3.86. The van der Waals surface area contributed by atoms with E-state index in [1.807, 2.05) is 18.7 Å². The van der Waals surface area contributed by atoms with Gasteiger partial charge >= 0.3 is 0 Å². The number of fused-ring (bicyclic) bond motifs is 1. The zero-order valence-electron chi connectivity index (χ0n) is 17.3. The minimum atomic E-state index is 0. The van der Waals surface area contributed by atoms with Crippen LogP contribution >= 0.6 is 24.0 Å². The summed E-state index contributed by atoms with van der Waals surface area (Å²) in [5, 5.41) is 11.7. The Kier molecular flexibility index (Phi) is 7.91. The molecule has 3 atom stereocenters. The predicted molar refractivity (Wildman–Crippen MR) is 119 cm³/mol. The molecule has 0 saturated heterocycles. The second kappa shape index (κ2) is 9.54. The third-order valence-electron chi connectivity index (χ3n) is 5.83. The number of hydrogen-bond donors (Lipinski definition) is 2. The van der Waals surface area contributed by atoms with Gasteiger partial charge in [-0.3, -0.25) is 4.99 Å². The number of hydrogen-bond acceptors (Lipinski definition) is 4. The molecule has 7 nitrogen and oxygen atoms in total. The molecule has 0 radical (unpaired) electrons. The number of ether oxygens (including phenoxy) is 1. The number of aliphatic imine (C=N–C) groups is 1. The first-order valence-corrected chi connectivity index (χ1v) is 9.95. The summed E-state index contributed by atoms with van der Waals surface area (Å²) in [6, 6.07) is 0.711. The number of nitrogens with zero attached hydrogens (tertiary/aromatic N) is 4. The van der Waals surface area contributed by atoms with Crippen molar-refractivity contribution in [2.45, 2.75) is 84.5 Å². The van der Waals surface area contributed by atoms with Gasteiger partial charge in [-0.05, 0) is 26.2 Å². The first kappa shape index (κ1) is 22.4. The lowest BCUT2D eigenvalue weighted by Crippen LogP contribution is -2.64. The Morgan fingerprint density at radius 3 is 2.81 bits per heavy atom. The molecule has 27 heavy (non-hydrogen) atoms. The summed E-state index contributed by atoms with van der Waals surface area (Å²) in [6.45, 7) is 10.4. The molecule has 1 aliphatic carbocycles. The van der Waals surface area contributed by atoms with E-state index in [0.717, 1.165) is 56.4 Å². The van der Waals surface area contributed by atoms with Crippen molar-refractivity contribution < 1.29 is 4.74 Å². The van der Waals surface area contributed by atoms with Gasteiger partial charge in [-0.15, -0.1) is 24.0 Å². The molecule has 1 fully saturated rings. The summed E-state index contributed by atoms with van der Waals surface area (Å²) < 4.78 is 8.07. The van der Waals surface area contributed by atoms with Crippen LogP contribution in [0.15, 0.2) is 4.99 Å². The van der Waals surface area contributed by atoms with Crippen molar-refractivity contribution >= 4 is 29.9 Å². The molecule has 2 N–H and O–H groups in total. The average molecular weight is 490 g/mol. The SMILES string of the molecule is CCCCOC1CC(NC(=NC)NC2CCc3nc(C)nn3C2)C1(C)C.I. The van der Waals surface area contributed by atoms with Crippen molar-refractivity contribution in [2.75, 3.05) is 13.7 Å². The van der Waals surface area contributed by atoms with Gasteiger partial charge in [0.15, 0.2) is 5.96 Å². The van der Waals surface area contributed by atoms with Crippen LogP contribution in [0.25, 0.3) is 0 Å². The lowest BCUT2D eigenvalue weighted by atomic mass is 9.64. The molecule has 0 bridgehead atoms. The molecule has 0 aromatic carbocycles. The van der Waals surface area contributed by atoms with Crippen molar-refractivity contribution in [3.63, 3.8) is 0 Å². The lowest BCUT2D eigenvalue weighted by Gasteiger charge is -2.52. The Balaban J connectivity index is 0.00000261. The summed E-state index contributed by atoms with van der Waals surface area (Å²) in [7, 11) is 1.84. The molecule has 1 aromatic rings. The molecule has 1 aromatic heterocycles. The van der Waals surface area contributed by atoms with Gasteiger partial charge in [0, 0.05) is 37.6 Å². The summed E-state index contributed by atoms with van der Waals surface area (Å²) in [6.07, 6.45) is 5.70. The summed E-state index contributed by atoms with van der Waals surface area (Å²) in [5.41, 5.74) is 0.119. The highest BCUT2D eigenvalue weighted by Crippen LogP contribution is 2.42. The fraction of sp³-hybridized carbons (Fsp3) is 0.842. The number of unbranched alkanes of at least 4 members (excludes halogenated alkanes) is 1. The number of halogens is 1. The monoisotopic (exact) mass is 490 g/mol. The van der Waals surface area contributed by atoms with E-state index in [4.69, 9.17) is 4.74 Å². The third kappa shape index (κ3) is 5.13. The number of aromatic nitrogens is 3. The van der Waals surface area contributed by atoms with Crippen LogP contribution in [0.2, 0.25) is 0 Å². The van der Waals surface area contributed by atoms with Gasteiger partial charge in [0.1, 0.15) is 11.6 Å². The zero-order chi connectivity index (χ0) is 18.7. The lowest BCUT2D eigenvalue weighted by molar-refractivity contribution is -0.113. The van der Waals surface area contributed by atoms with Crippen molar-refractivity contribution in [3.8, 4) is 0 Å². The Hall–Kier alpha value is -0.900. The largest absolute Gasteiger partial charge is 0.378 e. The van der Waals surface area contributed by atoms with Gasteiger partial charge in [-0.2, -0.15) is 5.10 Å². The van der Waals surface area contributed by atoms with E-state index < -0.39 is 0 Å². The van der Waals surface area contributed by atoms with Gasteiger partial charge in [0.2, 0.25) is 0 Å². The minimum Gasteiger partial charge on any atom is -0.378 e. The molecule has 1 saturated carbocycles. The van der Waals surface area contributed by atoms with Gasteiger partial charge in [0.25, 0.3) is 0 Å². The smallest absolute Gasteiger partial charge is 0.191 e. The summed E-state index contributed by atoms with van der Waals surface area (Å²) >= 11 is 0. The van der Waals surface area contributed by atoms with E-state index in [-0.39, 0.29) is 29.4 Å². The molecule has 1 aliphatic heterocycles. The quantitative estimate of drug-likeness (QED) is 0.278. The number of guanidine groups is 1. The first-order chi connectivity index (χ1) is 12.4. The van der Waals surface area contributed by atoms with Crippen LogP contribution in [0.3, 0.4) is 0 Å². The van der Waals surface area contributed by atoms with E-state index in [0.29, 0.717) is 18.2 Å². The topological polar surface area (TPSA) is 76.4 Å². The van der Waals surface area contributed by atoms with Gasteiger partial charge in [-0.25, -0.2) is 9.67 Å². The van der Waals surface area contributed by atoms with Crippen molar-refractivity contribution in [1.82, 2.24) is 25.4 Å². The standard InChI is InChI=1S/C19H34N6O.HI/c1-6-7-10-26-16-11-15(19(16,3)4)23-18(20-5)22-14-8-9-17-21-13(2)24-25(17)12-14;/h14-16H,6-12H2,1-5H3,(H2,20,22,23);1H. The molecule has 3 rings (SSSR count). The maximum Gasteiger partial charge on any atom is 0.191 e. The molecule has 3 unspecified atom stereocenters. The molecular weight excluding hydrogens is 455 g/mol. The van der Waals surface area contributed by atoms with E-state index in [1.165, 1.54) is 6.42 Å². The van der Waals surface area contributed by atoms with E-state index in [1.54, 1.807) is 0 Å². The summed E-state index contributed by atoms with van der Waals surface area (Å²) in [5.74, 6) is 2.82. The van der Waals surface area contributed by atoms with E-state index >= 15 is 0 Å². The Morgan fingerprint density at radius 1 is 1.37 bits per heavy atom. The van der Waals surface area contributed by atoms with Crippen LogP contribution in [0.5, 0.6) is 0 Å². The normalized spacial score (nSPS) is 26.6. The van der Waals surface area contributed by atoms with Crippen molar-refractivity contribution in [2.24, 2.45) is 10.4 Å². The van der Waals surface area contributed by atoms with Crippen LogP contribution in [0, 0.1) is 12.3 Å². The molecule has 2 aliphatic rings.